The largest absolute Gasteiger partial charge is 0.544 e. The van der Waals surface area contributed by atoms with E-state index in [0.717, 1.165) is 19.4 Å². The summed E-state index contributed by atoms with van der Waals surface area (Å²) in [7, 11) is 0. The standard InChI is InChI=1S/C13H17NO2/c1-9-3-2-4-10(5-9)6-11-7-12(13(15)16)14-8-11/h2-5,11-12,14H,6-8H2,1H3,(H,15,16)/t11-,12+/m1/s1. The first kappa shape index (κ1) is 11.1. The van der Waals surface area contributed by atoms with Gasteiger partial charge in [-0.2, -0.15) is 0 Å². The molecule has 1 heterocycles. The molecule has 0 spiro atoms. The number of carbonyl (C=O) groups is 1. The number of aliphatic carboxylic acids is 1. The summed E-state index contributed by atoms with van der Waals surface area (Å²) in [5.74, 6) is -0.462. The molecule has 1 aromatic carbocycles. The highest BCUT2D eigenvalue weighted by atomic mass is 16.4. The predicted molar refractivity (Wildman–Crippen MR) is 58.6 cm³/mol. The molecule has 1 aromatic rings. The summed E-state index contributed by atoms with van der Waals surface area (Å²) in [5, 5.41) is 12.6. The first-order chi connectivity index (χ1) is 7.65. The van der Waals surface area contributed by atoms with E-state index < -0.39 is 5.97 Å². The zero-order chi connectivity index (χ0) is 11.5. The molecule has 1 aliphatic rings. The van der Waals surface area contributed by atoms with E-state index in [1.54, 1.807) is 0 Å². The molecular formula is C13H17NO2. The molecule has 0 amide bonds. The van der Waals surface area contributed by atoms with Crippen molar-refractivity contribution in [2.24, 2.45) is 5.92 Å². The van der Waals surface area contributed by atoms with Gasteiger partial charge >= 0.3 is 0 Å². The number of carboxylic acid groups (broad SMARTS) is 1. The Kier molecular flexibility index (Phi) is 3.25. The van der Waals surface area contributed by atoms with Gasteiger partial charge in [-0.15, -0.1) is 0 Å². The number of hydrogen-bond donors (Lipinski definition) is 1. The van der Waals surface area contributed by atoms with Gasteiger partial charge in [-0.25, -0.2) is 0 Å². The van der Waals surface area contributed by atoms with Crippen molar-refractivity contribution >= 4 is 5.97 Å². The second kappa shape index (κ2) is 4.66. The molecule has 1 aliphatic heterocycles. The maximum Gasteiger partial charge on any atom is 0.127 e. The Morgan fingerprint density at radius 1 is 1.56 bits per heavy atom. The second-order valence-electron chi connectivity index (χ2n) is 4.69. The van der Waals surface area contributed by atoms with E-state index in [9.17, 15) is 9.90 Å². The highest BCUT2D eigenvalue weighted by Crippen LogP contribution is 2.16. The first-order valence-corrected chi connectivity index (χ1v) is 5.75. The number of carbonyl (C=O) groups excluding carboxylic acids is 1. The van der Waals surface area contributed by atoms with E-state index in [4.69, 9.17) is 0 Å². The second-order valence-corrected chi connectivity index (χ2v) is 4.69. The fourth-order valence-electron chi connectivity index (χ4n) is 2.44. The molecule has 3 heteroatoms. The van der Waals surface area contributed by atoms with Gasteiger partial charge in [0.05, 0.1) is 12.5 Å². The SMILES string of the molecule is Cc1cccc(C[C@H]2C[NH2+][C@H](C(=O)[O-])C2)c1. The third-order valence-electron chi connectivity index (χ3n) is 3.25. The highest BCUT2D eigenvalue weighted by molar-refractivity contribution is 5.69. The van der Waals surface area contributed by atoms with Crippen LogP contribution in [0.3, 0.4) is 0 Å². The number of benzene rings is 1. The summed E-state index contributed by atoms with van der Waals surface area (Å²) in [5.41, 5.74) is 2.56. The van der Waals surface area contributed by atoms with Crippen LogP contribution >= 0.6 is 0 Å². The van der Waals surface area contributed by atoms with E-state index in [1.165, 1.54) is 11.1 Å². The zero-order valence-corrected chi connectivity index (χ0v) is 9.48. The number of nitrogens with two attached hydrogens (primary N) is 1. The molecule has 1 fully saturated rings. The molecule has 0 unspecified atom stereocenters. The van der Waals surface area contributed by atoms with Crippen LogP contribution in [-0.2, 0) is 11.2 Å². The van der Waals surface area contributed by atoms with Crippen LogP contribution < -0.4 is 10.4 Å². The number of carboxylic acids is 1. The molecular weight excluding hydrogens is 202 g/mol. The van der Waals surface area contributed by atoms with E-state index >= 15 is 0 Å². The summed E-state index contributed by atoms with van der Waals surface area (Å²) < 4.78 is 0. The van der Waals surface area contributed by atoms with Gasteiger partial charge in [-0.05, 0) is 18.9 Å². The van der Waals surface area contributed by atoms with Crippen LogP contribution in [0.5, 0.6) is 0 Å². The lowest BCUT2D eigenvalue weighted by Crippen LogP contribution is -2.90. The molecule has 0 aliphatic carbocycles. The topological polar surface area (TPSA) is 56.7 Å². The number of aryl methyl sites for hydroxylation is 1. The lowest BCUT2D eigenvalue weighted by atomic mass is 9.96. The summed E-state index contributed by atoms with van der Waals surface area (Å²) in [6.07, 6.45) is 1.71. The van der Waals surface area contributed by atoms with Crippen LogP contribution in [0.2, 0.25) is 0 Å². The Morgan fingerprint density at radius 3 is 3.00 bits per heavy atom. The van der Waals surface area contributed by atoms with Crippen molar-refractivity contribution in [1.82, 2.24) is 0 Å². The normalized spacial score (nSPS) is 24.6. The monoisotopic (exact) mass is 219 g/mol. The Hall–Kier alpha value is -1.35. The van der Waals surface area contributed by atoms with Crippen LogP contribution in [0, 0.1) is 12.8 Å². The van der Waals surface area contributed by atoms with Crippen molar-refractivity contribution in [2.45, 2.75) is 25.8 Å². The molecule has 1 saturated heterocycles. The summed E-state index contributed by atoms with van der Waals surface area (Å²) >= 11 is 0. The molecule has 2 N–H and O–H groups in total. The molecule has 0 bridgehead atoms. The molecule has 0 saturated carbocycles. The number of rotatable bonds is 3. The van der Waals surface area contributed by atoms with E-state index in [2.05, 4.69) is 31.2 Å². The van der Waals surface area contributed by atoms with Gasteiger partial charge in [0.1, 0.15) is 6.04 Å². The maximum atomic E-state index is 10.7. The number of hydrogen-bond acceptors (Lipinski definition) is 2. The first-order valence-electron chi connectivity index (χ1n) is 5.75. The van der Waals surface area contributed by atoms with Crippen molar-refractivity contribution in [1.29, 1.82) is 0 Å². The predicted octanol–water partition coefficient (Wildman–Crippen LogP) is -0.761. The zero-order valence-electron chi connectivity index (χ0n) is 9.48. The van der Waals surface area contributed by atoms with Crippen molar-refractivity contribution in [3.05, 3.63) is 35.4 Å². The van der Waals surface area contributed by atoms with Gasteiger partial charge in [0.15, 0.2) is 0 Å². The van der Waals surface area contributed by atoms with Crippen LogP contribution in [0.1, 0.15) is 17.5 Å². The van der Waals surface area contributed by atoms with E-state index in [0.29, 0.717) is 5.92 Å². The quantitative estimate of drug-likeness (QED) is 0.726. The van der Waals surface area contributed by atoms with E-state index in [-0.39, 0.29) is 6.04 Å². The smallest absolute Gasteiger partial charge is 0.127 e. The van der Waals surface area contributed by atoms with Crippen molar-refractivity contribution in [3.8, 4) is 0 Å². The Labute approximate surface area is 95.5 Å². The van der Waals surface area contributed by atoms with Crippen molar-refractivity contribution < 1.29 is 15.2 Å². The lowest BCUT2D eigenvalue weighted by molar-refractivity contribution is -0.666. The molecule has 2 atom stereocenters. The summed E-state index contributed by atoms with van der Waals surface area (Å²) in [6, 6.07) is 8.08. The summed E-state index contributed by atoms with van der Waals surface area (Å²) in [6.45, 7) is 2.97. The van der Waals surface area contributed by atoms with Gasteiger partial charge in [-0.3, -0.25) is 0 Å². The van der Waals surface area contributed by atoms with Gasteiger partial charge in [-0.1, -0.05) is 29.8 Å². The minimum Gasteiger partial charge on any atom is -0.544 e. The van der Waals surface area contributed by atoms with Gasteiger partial charge in [0, 0.05) is 12.3 Å². The third kappa shape index (κ3) is 2.61. The molecule has 0 aromatic heterocycles. The van der Waals surface area contributed by atoms with E-state index in [1.807, 2.05) is 5.32 Å². The van der Waals surface area contributed by atoms with Crippen LogP contribution in [0.4, 0.5) is 0 Å². The Balaban J connectivity index is 1.94. The van der Waals surface area contributed by atoms with Gasteiger partial charge < -0.3 is 15.2 Å². The van der Waals surface area contributed by atoms with Gasteiger partial charge in [0.2, 0.25) is 0 Å². The molecule has 0 radical (unpaired) electrons. The fraction of sp³-hybridized carbons (Fsp3) is 0.462. The number of quaternary nitrogens is 1. The Bertz CT molecular complexity index is 389. The third-order valence-corrected chi connectivity index (χ3v) is 3.25. The maximum absolute atomic E-state index is 10.7. The Morgan fingerprint density at radius 2 is 2.38 bits per heavy atom. The van der Waals surface area contributed by atoms with Crippen LogP contribution in [0.25, 0.3) is 0 Å². The average molecular weight is 219 g/mol. The van der Waals surface area contributed by atoms with Crippen molar-refractivity contribution in [3.63, 3.8) is 0 Å². The fourth-order valence-corrected chi connectivity index (χ4v) is 2.44. The highest BCUT2D eigenvalue weighted by Gasteiger charge is 2.28. The minimum atomic E-state index is -0.924. The average Bonchev–Trinajstić information content (AvgIpc) is 2.66. The van der Waals surface area contributed by atoms with Crippen LogP contribution in [-0.4, -0.2) is 18.6 Å². The van der Waals surface area contributed by atoms with Crippen molar-refractivity contribution in [2.75, 3.05) is 6.54 Å². The molecule has 3 nitrogen and oxygen atoms in total. The van der Waals surface area contributed by atoms with Gasteiger partial charge in [0.25, 0.3) is 0 Å². The minimum absolute atomic E-state index is 0.338. The molecule has 16 heavy (non-hydrogen) atoms. The summed E-state index contributed by atoms with van der Waals surface area (Å²) in [4.78, 5) is 10.7. The van der Waals surface area contributed by atoms with Crippen LogP contribution in [0.15, 0.2) is 24.3 Å². The lowest BCUT2D eigenvalue weighted by Gasteiger charge is -2.08. The molecule has 2 rings (SSSR count). The molecule has 86 valence electrons.